The van der Waals surface area contributed by atoms with Crippen molar-refractivity contribution in [2.24, 2.45) is 5.10 Å². The first-order chi connectivity index (χ1) is 22.4. The predicted molar refractivity (Wildman–Crippen MR) is 179 cm³/mol. The lowest BCUT2D eigenvalue weighted by atomic mass is 10.1. The van der Waals surface area contributed by atoms with Crippen molar-refractivity contribution >= 4 is 58.7 Å². The number of nitrogens with one attached hydrogen (secondary N) is 3. The van der Waals surface area contributed by atoms with E-state index in [1.54, 1.807) is 84.9 Å². The predicted octanol–water partition coefficient (Wildman–Crippen LogP) is 5.45. The highest BCUT2D eigenvalue weighted by Crippen LogP contribution is 2.24. The van der Waals surface area contributed by atoms with Gasteiger partial charge in [-0.3, -0.25) is 19.2 Å². The number of amidine groups is 1. The van der Waals surface area contributed by atoms with Gasteiger partial charge in [-0.05, 0) is 67.6 Å². The zero-order valence-electron chi connectivity index (χ0n) is 24.9. The minimum atomic E-state index is -0.521. The van der Waals surface area contributed by atoms with Crippen LogP contribution in [0.4, 0.5) is 11.4 Å². The van der Waals surface area contributed by atoms with Crippen molar-refractivity contribution in [2.45, 2.75) is 18.2 Å². The highest BCUT2D eigenvalue weighted by atomic mass is 32.2. The molecule has 0 radical (unpaired) electrons. The van der Waals surface area contributed by atoms with Gasteiger partial charge in [0.05, 0.1) is 24.5 Å². The molecule has 0 saturated heterocycles. The quantitative estimate of drug-likeness (QED) is 0.149. The third kappa shape index (κ3) is 8.48. The molecule has 0 fully saturated rings. The average Bonchev–Trinajstić information content (AvgIpc) is 3.45. The van der Waals surface area contributed by atoms with E-state index in [0.29, 0.717) is 40.7 Å². The molecule has 5 rings (SSSR count). The summed E-state index contributed by atoms with van der Waals surface area (Å²) in [5, 5.41) is 13.8. The number of thioether (sulfide) groups is 1. The number of carbonyl (C=O) groups is 4. The van der Waals surface area contributed by atoms with Crippen LogP contribution < -0.4 is 25.7 Å². The Morgan fingerprint density at radius 2 is 1.54 bits per heavy atom. The summed E-state index contributed by atoms with van der Waals surface area (Å²) in [6.07, 6.45) is 1.59. The van der Waals surface area contributed by atoms with Crippen molar-refractivity contribution in [1.82, 2.24) is 10.6 Å². The molecule has 3 N–H and O–H groups in total. The van der Waals surface area contributed by atoms with E-state index < -0.39 is 11.8 Å². The van der Waals surface area contributed by atoms with Crippen LogP contribution >= 0.6 is 11.8 Å². The first-order valence-electron chi connectivity index (χ1n) is 14.5. The molecular formula is C35H31N5O5S. The third-order valence-corrected chi connectivity index (χ3v) is 7.60. The number of hydrogen-bond donors (Lipinski definition) is 3. The number of amides is 4. The van der Waals surface area contributed by atoms with E-state index >= 15 is 0 Å². The van der Waals surface area contributed by atoms with Crippen LogP contribution in [0.15, 0.2) is 125 Å². The summed E-state index contributed by atoms with van der Waals surface area (Å²) < 4.78 is 5.70. The fourth-order valence-corrected chi connectivity index (χ4v) is 5.13. The molecule has 0 atom stereocenters. The molecule has 0 aliphatic carbocycles. The highest BCUT2D eigenvalue weighted by molar-refractivity contribution is 8.00. The van der Waals surface area contributed by atoms with Gasteiger partial charge in [0.2, 0.25) is 5.91 Å². The number of para-hydroxylation sites is 2. The van der Waals surface area contributed by atoms with Crippen LogP contribution in [0.3, 0.4) is 0 Å². The Kier molecular flexibility index (Phi) is 10.6. The van der Waals surface area contributed by atoms with Crippen molar-refractivity contribution in [2.75, 3.05) is 22.7 Å². The maximum atomic E-state index is 13.4. The van der Waals surface area contributed by atoms with Gasteiger partial charge in [-0.15, -0.1) is 11.8 Å². The maximum absolute atomic E-state index is 13.4. The molecule has 4 amide bonds. The van der Waals surface area contributed by atoms with Crippen molar-refractivity contribution in [1.29, 1.82) is 0 Å². The standard InChI is InChI=1S/C35H31N5O5S/c1-2-45-30-16-10-9-13-25(30)21-29(37-34(43)24-11-5-3-6-12-24)35(44)36-26-17-19-28(20-18-26)46-23-32(41)38-31-22-33(42)40(39-31)27-14-7-4-8-15-27/h3-21H,2,22-23H2,1H3,(H,36,44)(H,37,43)(H,38,39,41)/b29-21-. The van der Waals surface area contributed by atoms with Crippen LogP contribution in [0.2, 0.25) is 0 Å². The Balaban J connectivity index is 1.21. The van der Waals surface area contributed by atoms with Crippen molar-refractivity contribution in [3.05, 3.63) is 126 Å². The molecule has 4 aromatic carbocycles. The second kappa shape index (κ2) is 15.4. The fraction of sp³-hybridized carbons (Fsp3) is 0.114. The Labute approximate surface area is 270 Å². The summed E-state index contributed by atoms with van der Waals surface area (Å²) in [4.78, 5) is 52.1. The zero-order chi connectivity index (χ0) is 32.3. The largest absolute Gasteiger partial charge is 0.493 e. The zero-order valence-corrected chi connectivity index (χ0v) is 25.8. The van der Waals surface area contributed by atoms with Crippen LogP contribution in [-0.2, 0) is 14.4 Å². The number of nitrogens with zero attached hydrogens (tertiary/aromatic N) is 2. The topological polar surface area (TPSA) is 129 Å². The summed E-state index contributed by atoms with van der Waals surface area (Å²) in [6.45, 7) is 2.31. The Hall–Kier alpha value is -5.68. The second-order valence-corrected chi connectivity index (χ2v) is 11.0. The number of carbonyl (C=O) groups excluding carboxylic acids is 4. The molecule has 1 aliphatic rings. The van der Waals surface area contributed by atoms with Gasteiger partial charge in [0.1, 0.15) is 17.3 Å². The molecule has 0 bridgehead atoms. The third-order valence-electron chi connectivity index (χ3n) is 6.59. The molecule has 1 heterocycles. The van der Waals surface area contributed by atoms with Crippen molar-refractivity contribution in [3.63, 3.8) is 0 Å². The lowest BCUT2D eigenvalue weighted by Gasteiger charge is -2.13. The lowest BCUT2D eigenvalue weighted by molar-refractivity contribution is -0.117. The second-order valence-electron chi connectivity index (χ2n) is 9.93. The number of ether oxygens (including phenoxy) is 1. The average molecular weight is 634 g/mol. The molecule has 0 saturated carbocycles. The Morgan fingerprint density at radius 1 is 0.870 bits per heavy atom. The van der Waals surface area contributed by atoms with Gasteiger partial charge in [-0.2, -0.15) is 10.1 Å². The Morgan fingerprint density at radius 3 is 2.26 bits per heavy atom. The number of hydrogen-bond acceptors (Lipinski definition) is 7. The highest BCUT2D eigenvalue weighted by Gasteiger charge is 2.26. The van der Waals surface area contributed by atoms with Crippen molar-refractivity contribution in [3.8, 4) is 5.75 Å². The molecule has 0 spiro atoms. The van der Waals surface area contributed by atoms with Crippen molar-refractivity contribution < 1.29 is 23.9 Å². The number of rotatable bonds is 11. The van der Waals surface area contributed by atoms with E-state index in [1.807, 2.05) is 37.3 Å². The molecule has 11 heteroatoms. The molecule has 232 valence electrons. The molecule has 0 unspecified atom stereocenters. The van der Waals surface area contributed by atoms with Gasteiger partial charge in [-0.25, -0.2) is 0 Å². The lowest BCUT2D eigenvalue weighted by Crippen LogP contribution is -2.31. The molecule has 1 aliphatic heterocycles. The van der Waals surface area contributed by atoms with E-state index in [4.69, 9.17) is 4.74 Å². The first kappa shape index (κ1) is 31.7. The minimum absolute atomic E-state index is 0.0130. The number of hydrazone groups is 1. The fourth-order valence-electron chi connectivity index (χ4n) is 4.43. The maximum Gasteiger partial charge on any atom is 0.272 e. The van der Waals surface area contributed by atoms with Crippen LogP contribution in [0, 0.1) is 0 Å². The van der Waals surface area contributed by atoms with E-state index in [-0.39, 0.29) is 29.7 Å². The summed E-state index contributed by atoms with van der Waals surface area (Å²) in [5.41, 5.74) is 2.21. The summed E-state index contributed by atoms with van der Waals surface area (Å²) >= 11 is 1.30. The van der Waals surface area contributed by atoms with Gasteiger partial charge < -0.3 is 20.7 Å². The molecule has 46 heavy (non-hydrogen) atoms. The molecule has 0 aromatic heterocycles. The van der Waals surface area contributed by atoms with Gasteiger partial charge in [0.15, 0.2) is 0 Å². The minimum Gasteiger partial charge on any atom is -0.493 e. The summed E-state index contributed by atoms with van der Waals surface area (Å²) in [5.74, 6) is -0.488. The SMILES string of the molecule is CCOc1ccccc1/C=C(\NC(=O)c1ccccc1)C(=O)Nc1ccc(SCC(=O)NC2=NN(c3ccccc3)C(=O)C2)cc1. The van der Waals surface area contributed by atoms with E-state index in [1.165, 1.54) is 16.8 Å². The van der Waals surface area contributed by atoms with Gasteiger partial charge in [0, 0.05) is 21.7 Å². The molecular weight excluding hydrogens is 602 g/mol. The number of anilines is 2. The Bertz CT molecular complexity index is 1780. The van der Waals surface area contributed by atoms with E-state index in [0.717, 1.165) is 4.90 Å². The van der Waals surface area contributed by atoms with Gasteiger partial charge >= 0.3 is 0 Å². The van der Waals surface area contributed by atoms with E-state index in [2.05, 4.69) is 21.1 Å². The molecule has 4 aromatic rings. The molecule has 10 nitrogen and oxygen atoms in total. The monoisotopic (exact) mass is 633 g/mol. The number of benzene rings is 4. The van der Waals surface area contributed by atoms with Gasteiger partial charge in [-0.1, -0.05) is 54.6 Å². The van der Waals surface area contributed by atoms with Crippen LogP contribution in [-0.4, -0.2) is 41.8 Å². The van der Waals surface area contributed by atoms with Gasteiger partial charge in [0.25, 0.3) is 17.7 Å². The summed E-state index contributed by atoms with van der Waals surface area (Å²) in [6, 6.07) is 31.8. The smallest absolute Gasteiger partial charge is 0.272 e. The van der Waals surface area contributed by atoms with Crippen LogP contribution in [0.5, 0.6) is 5.75 Å². The summed E-state index contributed by atoms with van der Waals surface area (Å²) in [7, 11) is 0. The van der Waals surface area contributed by atoms with Crippen LogP contribution in [0.1, 0.15) is 29.3 Å². The van der Waals surface area contributed by atoms with Crippen LogP contribution in [0.25, 0.3) is 6.08 Å². The normalized spacial score (nSPS) is 12.7. The first-order valence-corrected chi connectivity index (χ1v) is 15.5. The van der Waals surface area contributed by atoms with E-state index in [9.17, 15) is 19.2 Å².